The minimum atomic E-state index is 0.714. The molecule has 0 fully saturated rings. The maximum atomic E-state index is 5.68. The monoisotopic (exact) mass is 232 g/mol. The molecule has 3 heteroatoms. The fourth-order valence-corrected chi connectivity index (χ4v) is 1.84. The Hall–Kier alpha value is -1.77. The van der Waals surface area contributed by atoms with E-state index < -0.39 is 0 Å². The van der Waals surface area contributed by atoms with Crippen molar-refractivity contribution in [1.29, 1.82) is 0 Å². The minimum absolute atomic E-state index is 0.714. The SMILES string of the molecule is C=C.CN=C1c2cc(C)ccc2OCCN1C. The van der Waals surface area contributed by atoms with Crippen molar-refractivity contribution in [2.45, 2.75) is 6.92 Å². The molecule has 0 atom stereocenters. The number of hydrogen-bond acceptors (Lipinski definition) is 2. The van der Waals surface area contributed by atoms with Crippen LogP contribution in [0.15, 0.2) is 36.3 Å². The number of amidine groups is 1. The molecule has 0 aliphatic carbocycles. The number of likely N-dealkylation sites (N-methyl/N-ethyl adjacent to an activating group) is 1. The van der Waals surface area contributed by atoms with E-state index in [-0.39, 0.29) is 0 Å². The fraction of sp³-hybridized carbons (Fsp3) is 0.357. The van der Waals surface area contributed by atoms with Gasteiger partial charge in [-0.15, -0.1) is 13.2 Å². The van der Waals surface area contributed by atoms with Crippen molar-refractivity contribution in [2.75, 3.05) is 27.2 Å². The van der Waals surface area contributed by atoms with Crippen LogP contribution in [0.25, 0.3) is 0 Å². The molecule has 0 bridgehead atoms. The van der Waals surface area contributed by atoms with Crippen LogP contribution in [0.1, 0.15) is 11.1 Å². The van der Waals surface area contributed by atoms with Gasteiger partial charge in [0.1, 0.15) is 18.2 Å². The fourth-order valence-electron chi connectivity index (χ4n) is 1.84. The van der Waals surface area contributed by atoms with E-state index in [0.29, 0.717) is 6.61 Å². The third-order valence-electron chi connectivity index (χ3n) is 2.63. The van der Waals surface area contributed by atoms with Gasteiger partial charge in [0, 0.05) is 14.1 Å². The van der Waals surface area contributed by atoms with E-state index in [1.807, 2.05) is 20.2 Å². The Morgan fingerprint density at radius 1 is 1.35 bits per heavy atom. The van der Waals surface area contributed by atoms with Gasteiger partial charge >= 0.3 is 0 Å². The van der Waals surface area contributed by atoms with Crippen molar-refractivity contribution in [1.82, 2.24) is 4.90 Å². The highest BCUT2D eigenvalue weighted by molar-refractivity contribution is 6.01. The largest absolute Gasteiger partial charge is 0.491 e. The van der Waals surface area contributed by atoms with Gasteiger partial charge in [-0.1, -0.05) is 11.6 Å². The number of benzene rings is 1. The predicted molar refractivity (Wildman–Crippen MR) is 73.0 cm³/mol. The minimum Gasteiger partial charge on any atom is -0.491 e. The summed E-state index contributed by atoms with van der Waals surface area (Å²) in [7, 11) is 3.87. The molecule has 0 N–H and O–H groups in total. The van der Waals surface area contributed by atoms with E-state index in [1.165, 1.54) is 5.56 Å². The Bertz CT molecular complexity index is 413. The van der Waals surface area contributed by atoms with Gasteiger partial charge in [-0.3, -0.25) is 4.99 Å². The van der Waals surface area contributed by atoms with Gasteiger partial charge in [-0.05, 0) is 19.1 Å². The van der Waals surface area contributed by atoms with Gasteiger partial charge in [0.2, 0.25) is 0 Å². The van der Waals surface area contributed by atoms with Gasteiger partial charge in [-0.25, -0.2) is 0 Å². The van der Waals surface area contributed by atoms with Crippen molar-refractivity contribution in [3.63, 3.8) is 0 Å². The molecule has 17 heavy (non-hydrogen) atoms. The van der Waals surface area contributed by atoms with Gasteiger partial charge in [0.25, 0.3) is 0 Å². The number of nitrogens with zero attached hydrogens (tertiary/aromatic N) is 2. The number of aliphatic imine (C=N–C) groups is 1. The Balaban J connectivity index is 0.000000686. The first-order chi connectivity index (χ1) is 8.22. The first-order valence-electron chi connectivity index (χ1n) is 5.64. The molecular formula is C14H20N2O. The summed E-state index contributed by atoms with van der Waals surface area (Å²) >= 11 is 0. The molecule has 0 saturated heterocycles. The molecule has 0 aromatic heterocycles. The maximum Gasteiger partial charge on any atom is 0.134 e. The van der Waals surface area contributed by atoms with Crippen molar-refractivity contribution in [2.24, 2.45) is 4.99 Å². The lowest BCUT2D eigenvalue weighted by Gasteiger charge is -2.17. The summed E-state index contributed by atoms with van der Waals surface area (Å²) in [6, 6.07) is 6.21. The number of hydrogen-bond donors (Lipinski definition) is 0. The second kappa shape index (κ2) is 6.09. The lowest BCUT2D eigenvalue weighted by atomic mass is 10.1. The summed E-state index contributed by atoms with van der Waals surface area (Å²) < 4.78 is 5.68. The Labute approximate surface area is 103 Å². The predicted octanol–water partition coefficient (Wildman–Crippen LogP) is 2.50. The van der Waals surface area contributed by atoms with Crippen LogP contribution in [0.4, 0.5) is 0 Å². The molecule has 1 aliphatic rings. The van der Waals surface area contributed by atoms with Crippen LogP contribution in [0, 0.1) is 6.92 Å². The molecule has 1 aromatic rings. The van der Waals surface area contributed by atoms with Crippen LogP contribution in [0.5, 0.6) is 5.75 Å². The smallest absolute Gasteiger partial charge is 0.134 e. The zero-order valence-electron chi connectivity index (χ0n) is 10.9. The maximum absolute atomic E-state index is 5.68. The molecule has 3 nitrogen and oxygen atoms in total. The summed E-state index contributed by atoms with van der Waals surface area (Å²) in [6.07, 6.45) is 0. The molecule has 1 aliphatic heterocycles. The van der Waals surface area contributed by atoms with Crippen molar-refractivity contribution >= 4 is 5.84 Å². The molecule has 0 saturated carbocycles. The average molecular weight is 232 g/mol. The van der Waals surface area contributed by atoms with Crippen LogP contribution in [-0.4, -0.2) is 38.0 Å². The van der Waals surface area contributed by atoms with Crippen LogP contribution in [0.2, 0.25) is 0 Å². The molecular weight excluding hydrogens is 212 g/mol. The number of aryl methyl sites for hydroxylation is 1. The Morgan fingerprint density at radius 3 is 2.71 bits per heavy atom. The highest BCUT2D eigenvalue weighted by atomic mass is 16.5. The molecule has 0 spiro atoms. The van der Waals surface area contributed by atoms with E-state index >= 15 is 0 Å². The standard InChI is InChI=1S/C12H16N2O.C2H4/c1-9-4-5-11-10(8-9)12(13-2)14(3)6-7-15-11;1-2/h4-5,8H,6-7H2,1-3H3;1-2H2. The van der Waals surface area contributed by atoms with Gasteiger partial charge in [0.15, 0.2) is 0 Å². The van der Waals surface area contributed by atoms with Crippen molar-refractivity contribution in [3.8, 4) is 5.75 Å². The van der Waals surface area contributed by atoms with E-state index in [1.54, 1.807) is 0 Å². The summed E-state index contributed by atoms with van der Waals surface area (Å²) in [5.74, 6) is 1.94. The number of fused-ring (bicyclic) bond motifs is 1. The molecule has 0 radical (unpaired) electrons. The zero-order chi connectivity index (χ0) is 12.8. The molecule has 1 aromatic carbocycles. The molecule has 0 unspecified atom stereocenters. The van der Waals surface area contributed by atoms with Gasteiger partial charge in [0.05, 0.1) is 12.1 Å². The highest BCUT2D eigenvalue weighted by Crippen LogP contribution is 2.23. The van der Waals surface area contributed by atoms with Crippen LogP contribution < -0.4 is 4.74 Å². The van der Waals surface area contributed by atoms with Crippen LogP contribution in [-0.2, 0) is 0 Å². The topological polar surface area (TPSA) is 24.8 Å². The second-order valence-corrected chi connectivity index (χ2v) is 3.82. The van der Waals surface area contributed by atoms with E-state index in [4.69, 9.17) is 4.74 Å². The van der Waals surface area contributed by atoms with Crippen LogP contribution >= 0.6 is 0 Å². The second-order valence-electron chi connectivity index (χ2n) is 3.82. The molecule has 92 valence electrons. The first-order valence-corrected chi connectivity index (χ1v) is 5.64. The van der Waals surface area contributed by atoms with Crippen molar-refractivity contribution < 1.29 is 4.74 Å². The molecule has 2 rings (SSSR count). The lowest BCUT2D eigenvalue weighted by Crippen LogP contribution is -2.28. The summed E-state index contributed by atoms with van der Waals surface area (Å²) in [5, 5.41) is 0. The number of rotatable bonds is 0. The van der Waals surface area contributed by atoms with Crippen LogP contribution in [0.3, 0.4) is 0 Å². The third kappa shape index (κ3) is 2.87. The first kappa shape index (κ1) is 13.3. The number of ether oxygens (including phenoxy) is 1. The molecule has 0 amide bonds. The quantitative estimate of drug-likeness (QED) is 0.642. The van der Waals surface area contributed by atoms with E-state index in [0.717, 1.165) is 23.7 Å². The lowest BCUT2D eigenvalue weighted by molar-refractivity contribution is 0.294. The van der Waals surface area contributed by atoms with E-state index in [2.05, 4.69) is 42.1 Å². The zero-order valence-corrected chi connectivity index (χ0v) is 10.9. The van der Waals surface area contributed by atoms with Gasteiger partial charge in [-0.2, -0.15) is 0 Å². The Morgan fingerprint density at radius 2 is 2.06 bits per heavy atom. The van der Waals surface area contributed by atoms with Gasteiger partial charge < -0.3 is 9.64 Å². The summed E-state index contributed by atoms with van der Waals surface area (Å²) in [6.45, 7) is 9.67. The summed E-state index contributed by atoms with van der Waals surface area (Å²) in [4.78, 5) is 6.46. The van der Waals surface area contributed by atoms with E-state index in [9.17, 15) is 0 Å². The summed E-state index contributed by atoms with van der Waals surface area (Å²) in [5.41, 5.74) is 2.33. The highest BCUT2D eigenvalue weighted by Gasteiger charge is 2.18. The average Bonchev–Trinajstić information content (AvgIpc) is 2.49. The van der Waals surface area contributed by atoms with Crippen molar-refractivity contribution in [3.05, 3.63) is 42.5 Å². The normalized spacial score (nSPS) is 16.4. The third-order valence-corrected chi connectivity index (χ3v) is 2.63. The molecule has 1 heterocycles. The Kier molecular flexibility index (Phi) is 4.76.